The second-order valence-electron chi connectivity index (χ2n) is 7.60. The third-order valence-electron chi connectivity index (χ3n) is 5.77. The van der Waals surface area contributed by atoms with Gasteiger partial charge in [-0.15, -0.1) is 15.9 Å². The third kappa shape index (κ3) is 4.25. The smallest absolute Gasteiger partial charge is 0.405 e. The molecule has 0 saturated heterocycles. The average Bonchev–Trinajstić information content (AvgIpc) is 3.09. The molecule has 4 nitrogen and oxygen atoms in total. The number of thiophene rings is 1. The minimum atomic E-state index is -4.39. The molecule has 2 aliphatic carbocycles. The number of esters is 1. The number of alkyl halides is 3. The fourth-order valence-corrected chi connectivity index (χ4v) is 4.69. The van der Waals surface area contributed by atoms with E-state index < -0.39 is 17.6 Å². The van der Waals surface area contributed by atoms with E-state index in [4.69, 9.17) is 4.74 Å². The molecule has 0 radical (unpaired) electrons. The number of amides is 1. The van der Waals surface area contributed by atoms with Crippen LogP contribution in [-0.4, -0.2) is 36.5 Å². The number of carbonyl (C=O) groups is 2. The highest BCUT2D eigenvalue weighted by Crippen LogP contribution is 2.52. The number of halogens is 3. The molecule has 0 aliphatic heterocycles. The minimum Gasteiger partial charge on any atom is -0.465 e. The van der Waals surface area contributed by atoms with Crippen LogP contribution in [-0.2, 0) is 9.53 Å². The van der Waals surface area contributed by atoms with Crippen LogP contribution in [0.3, 0.4) is 0 Å². The fourth-order valence-electron chi connectivity index (χ4n) is 3.76. The molecule has 0 unspecified atom stereocenters. The fraction of sp³-hybridized carbons (Fsp3) is 0.571. The number of rotatable bonds is 3. The van der Waals surface area contributed by atoms with Gasteiger partial charge in [-0.2, -0.15) is 13.2 Å². The van der Waals surface area contributed by atoms with Crippen LogP contribution in [0.2, 0.25) is 0 Å². The first kappa shape index (κ1) is 21.6. The van der Waals surface area contributed by atoms with Crippen LogP contribution in [0.1, 0.15) is 65.9 Å². The Balaban J connectivity index is 1.91. The highest BCUT2D eigenvalue weighted by molar-refractivity contribution is 7.15. The second kappa shape index (κ2) is 8.31. The van der Waals surface area contributed by atoms with E-state index in [9.17, 15) is 22.8 Å². The van der Waals surface area contributed by atoms with Crippen molar-refractivity contribution in [1.82, 2.24) is 0 Å². The molecule has 8 heteroatoms. The zero-order valence-electron chi connectivity index (χ0n) is 16.2. The molecule has 3 rings (SSSR count). The first-order valence-corrected chi connectivity index (χ1v) is 10.5. The van der Waals surface area contributed by atoms with Crippen LogP contribution < -0.4 is 0 Å². The van der Waals surface area contributed by atoms with Crippen LogP contribution in [0.15, 0.2) is 6.07 Å². The summed E-state index contributed by atoms with van der Waals surface area (Å²) in [5.41, 5.74) is -1.75. The van der Waals surface area contributed by atoms with Gasteiger partial charge in [0.15, 0.2) is 4.88 Å². The molecule has 1 aromatic heterocycles. The first-order chi connectivity index (χ1) is 13.7. The van der Waals surface area contributed by atoms with Gasteiger partial charge in [-0.25, -0.2) is 9.59 Å². The van der Waals surface area contributed by atoms with E-state index in [-0.39, 0.29) is 40.1 Å². The summed E-state index contributed by atoms with van der Waals surface area (Å²) in [6, 6.07) is 1.46. The molecular formula is C21H23F3NO3S+. The van der Waals surface area contributed by atoms with E-state index in [1.54, 1.807) is 0 Å². The SMILES string of the molecule is C=[N+](C(=O)C1CCCCC1)c1cc(C#CC2(C(F)(F)F)CCC2)sc1C(=O)OC. The third-order valence-corrected chi connectivity index (χ3v) is 6.79. The molecule has 29 heavy (non-hydrogen) atoms. The quantitative estimate of drug-likeness (QED) is 0.293. The maximum absolute atomic E-state index is 13.3. The Morgan fingerprint density at radius 1 is 1.24 bits per heavy atom. The molecule has 2 aliphatic rings. The van der Waals surface area contributed by atoms with Gasteiger partial charge in [0.1, 0.15) is 12.1 Å². The zero-order chi connectivity index (χ0) is 21.2. The Morgan fingerprint density at radius 3 is 2.41 bits per heavy atom. The molecule has 0 spiro atoms. The van der Waals surface area contributed by atoms with Crippen molar-refractivity contribution in [3.8, 4) is 11.8 Å². The molecule has 0 N–H and O–H groups in total. The molecule has 2 saturated carbocycles. The Morgan fingerprint density at radius 2 is 1.90 bits per heavy atom. The Labute approximate surface area is 171 Å². The van der Waals surface area contributed by atoms with Crippen molar-refractivity contribution in [3.05, 3.63) is 15.8 Å². The van der Waals surface area contributed by atoms with Crippen molar-refractivity contribution in [2.45, 2.75) is 57.5 Å². The van der Waals surface area contributed by atoms with E-state index in [0.717, 1.165) is 43.4 Å². The van der Waals surface area contributed by atoms with Crippen LogP contribution >= 0.6 is 11.3 Å². The molecule has 0 atom stereocenters. The maximum Gasteiger partial charge on any atom is 0.405 e. The molecule has 1 amide bonds. The van der Waals surface area contributed by atoms with Gasteiger partial charge in [-0.1, -0.05) is 31.1 Å². The lowest BCUT2D eigenvalue weighted by Gasteiger charge is -2.38. The van der Waals surface area contributed by atoms with E-state index in [0.29, 0.717) is 6.42 Å². The summed E-state index contributed by atoms with van der Waals surface area (Å²) in [5.74, 6) is 3.93. The summed E-state index contributed by atoms with van der Waals surface area (Å²) >= 11 is 0.921. The first-order valence-electron chi connectivity index (χ1n) is 9.65. The molecule has 2 fully saturated rings. The number of hydrogen-bond acceptors (Lipinski definition) is 4. The molecule has 0 aromatic carbocycles. The molecule has 1 heterocycles. The number of carbonyl (C=O) groups excluding carboxylic acids is 2. The van der Waals surface area contributed by atoms with Gasteiger partial charge in [-0.3, -0.25) is 0 Å². The standard InChI is InChI=1S/C21H23F3NO3S/c1-25(18(26)14-7-4-3-5-8-14)16-13-15(29-17(16)19(27)28-2)9-12-20(10-6-11-20)21(22,23)24/h13-14H,1,3-8,10-11H2,2H3/q+1. The second-order valence-corrected chi connectivity index (χ2v) is 8.65. The van der Waals surface area contributed by atoms with Crippen molar-refractivity contribution >= 4 is 35.6 Å². The molecule has 156 valence electrons. The summed E-state index contributed by atoms with van der Waals surface area (Å²) in [5, 5.41) is 0. The van der Waals surface area contributed by atoms with Gasteiger partial charge < -0.3 is 4.74 Å². The lowest BCUT2D eigenvalue weighted by atomic mass is 9.69. The summed E-state index contributed by atoms with van der Waals surface area (Å²) in [6.45, 7) is 3.80. The highest BCUT2D eigenvalue weighted by atomic mass is 32.1. The van der Waals surface area contributed by atoms with Crippen molar-refractivity contribution < 1.29 is 32.1 Å². The molecule has 1 aromatic rings. The Bertz CT molecular complexity index is 881. The number of nitrogens with zero attached hydrogens (tertiary/aromatic N) is 1. The Kier molecular flexibility index (Phi) is 6.18. The molecule has 0 bridgehead atoms. The van der Waals surface area contributed by atoms with Crippen molar-refractivity contribution in [2.24, 2.45) is 11.3 Å². The minimum absolute atomic E-state index is 0.0206. The van der Waals surface area contributed by atoms with E-state index in [1.165, 1.54) is 17.8 Å². The van der Waals surface area contributed by atoms with E-state index in [1.807, 2.05) is 0 Å². The van der Waals surface area contributed by atoms with Gasteiger partial charge in [0, 0.05) is 6.07 Å². The summed E-state index contributed by atoms with van der Waals surface area (Å²) in [7, 11) is 1.21. The normalized spacial score (nSPS) is 18.9. The highest BCUT2D eigenvalue weighted by Gasteiger charge is 2.57. The van der Waals surface area contributed by atoms with Crippen molar-refractivity contribution in [3.63, 3.8) is 0 Å². The summed E-state index contributed by atoms with van der Waals surface area (Å²) in [6.07, 6.45) is 0.612. The maximum atomic E-state index is 13.3. The van der Waals surface area contributed by atoms with Gasteiger partial charge in [0.25, 0.3) is 0 Å². The lowest BCUT2D eigenvalue weighted by molar-refractivity contribution is -0.364. The number of methoxy groups -OCH3 is 1. The monoisotopic (exact) mass is 426 g/mol. The largest absolute Gasteiger partial charge is 0.465 e. The van der Waals surface area contributed by atoms with Crippen LogP contribution in [0, 0.1) is 23.2 Å². The van der Waals surface area contributed by atoms with Crippen LogP contribution in [0.25, 0.3) is 0 Å². The number of hydrogen-bond donors (Lipinski definition) is 0. The van der Waals surface area contributed by atoms with Crippen LogP contribution in [0.5, 0.6) is 0 Å². The zero-order valence-corrected chi connectivity index (χ0v) is 17.0. The van der Waals surface area contributed by atoms with Gasteiger partial charge in [0.05, 0.1) is 17.9 Å². The topological polar surface area (TPSA) is 46.4 Å². The van der Waals surface area contributed by atoms with Crippen molar-refractivity contribution in [1.29, 1.82) is 0 Å². The summed E-state index contributed by atoms with van der Waals surface area (Å²) in [4.78, 5) is 25.4. The van der Waals surface area contributed by atoms with Gasteiger partial charge in [-0.05, 0) is 32.1 Å². The predicted octanol–water partition coefficient (Wildman–Crippen LogP) is 5.07. The van der Waals surface area contributed by atoms with E-state index in [2.05, 4.69) is 18.6 Å². The number of ether oxygens (including phenoxy) is 1. The van der Waals surface area contributed by atoms with Crippen molar-refractivity contribution in [2.75, 3.05) is 7.11 Å². The average molecular weight is 426 g/mol. The summed E-state index contributed by atoms with van der Waals surface area (Å²) < 4.78 is 45.9. The van der Waals surface area contributed by atoms with Gasteiger partial charge in [0.2, 0.25) is 5.69 Å². The van der Waals surface area contributed by atoms with E-state index >= 15 is 0 Å². The predicted molar refractivity (Wildman–Crippen MR) is 103 cm³/mol. The Hall–Kier alpha value is -2.14. The lowest BCUT2D eigenvalue weighted by Crippen LogP contribution is -2.42. The van der Waals surface area contributed by atoms with Gasteiger partial charge >= 0.3 is 18.1 Å². The van der Waals surface area contributed by atoms with Crippen LogP contribution in [0.4, 0.5) is 18.9 Å². The molecular weight excluding hydrogens is 403 g/mol.